The Morgan fingerprint density at radius 1 is 1.00 bits per heavy atom. The number of anilines is 1. The molecule has 1 N–H and O–H groups in total. The Bertz CT molecular complexity index is 1020. The van der Waals surface area contributed by atoms with Gasteiger partial charge in [-0.15, -0.1) is 0 Å². The highest BCUT2D eigenvalue weighted by Crippen LogP contribution is 2.18. The normalized spacial score (nSPS) is 12.3. The predicted molar refractivity (Wildman–Crippen MR) is 128 cm³/mol. The highest BCUT2D eigenvalue weighted by Gasteiger charge is 2.30. The number of amides is 2. The van der Waals surface area contributed by atoms with Crippen LogP contribution < -0.4 is 9.62 Å². The number of aryl methyl sites for hydroxylation is 1. The lowest BCUT2D eigenvalue weighted by Gasteiger charge is -2.31. The summed E-state index contributed by atoms with van der Waals surface area (Å²) >= 11 is 0. The molecule has 0 spiro atoms. The zero-order valence-corrected chi connectivity index (χ0v) is 20.2. The number of carbonyl (C=O) groups is 2. The molecule has 0 aliphatic carbocycles. The zero-order valence-electron chi connectivity index (χ0n) is 19.4. The van der Waals surface area contributed by atoms with Gasteiger partial charge >= 0.3 is 0 Å². The first kappa shape index (κ1) is 25.4. The third-order valence-electron chi connectivity index (χ3n) is 5.01. The van der Waals surface area contributed by atoms with E-state index in [1.165, 1.54) is 4.90 Å². The van der Waals surface area contributed by atoms with Crippen LogP contribution >= 0.6 is 0 Å². The zero-order chi connectivity index (χ0) is 23.9. The maximum absolute atomic E-state index is 13.4. The average Bonchev–Trinajstić information content (AvgIpc) is 2.73. The molecule has 0 fully saturated rings. The van der Waals surface area contributed by atoms with Crippen LogP contribution in [-0.4, -0.2) is 50.5 Å². The molecule has 0 bridgehead atoms. The summed E-state index contributed by atoms with van der Waals surface area (Å²) in [5.74, 6) is -0.454. The molecule has 0 radical (unpaired) electrons. The van der Waals surface area contributed by atoms with Crippen molar-refractivity contribution in [2.75, 3.05) is 23.7 Å². The van der Waals surface area contributed by atoms with Gasteiger partial charge in [0.05, 0.1) is 11.9 Å². The molecular formula is C24H33N3O4S. The molecule has 0 aromatic heterocycles. The van der Waals surface area contributed by atoms with E-state index in [1.54, 1.807) is 37.3 Å². The lowest BCUT2D eigenvalue weighted by atomic mass is 10.1. The minimum atomic E-state index is -3.71. The standard InChI is InChI=1S/C24H33N3O4S/c1-18(2)15-25-24(29)20(4)26(16-21-11-9-10-19(3)14-21)23(28)17-27(32(5,30)31)22-12-7-6-8-13-22/h6-14,18,20H,15-17H2,1-5H3,(H,25,29). The predicted octanol–water partition coefficient (Wildman–Crippen LogP) is 2.95. The van der Waals surface area contributed by atoms with E-state index in [1.807, 2.05) is 45.0 Å². The van der Waals surface area contributed by atoms with Crippen LogP contribution in [0.5, 0.6) is 0 Å². The van der Waals surface area contributed by atoms with Crippen molar-refractivity contribution >= 4 is 27.5 Å². The van der Waals surface area contributed by atoms with Gasteiger partial charge in [0, 0.05) is 13.1 Å². The fraction of sp³-hybridized carbons (Fsp3) is 0.417. The number of carbonyl (C=O) groups excluding carboxylic acids is 2. The van der Waals surface area contributed by atoms with E-state index in [0.29, 0.717) is 12.2 Å². The Labute approximate surface area is 191 Å². The molecule has 0 heterocycles. The van der Waals surface area contributed by atoms with Crippen molar-refractivity contribution in [2.45, 2.75) is 40.3 Å². The number of hydrogen-bond acceptors (Lipinski definition) is 4. The number of nitrogens with one attached hydrogen (secondary N) is 1. The molecule has 7 nitrogen and oxygen atoms in total. The van der Waals surface area contributed by atoms with Crippen molar-refractivity contribution in [3.8, 4) is 0 Å². The number of sulfonamides is 1. The van der Waals surface area contributed by atoms with E-state index in [4.69, 9.17) is 0 Å². The van der Waals surface area contributed by atoms with Crippen LogP contribution in [0.25, 0.3) is 0 Å². The van der Waals surface area contributed by atoms with Crippen molar-refractivity contribution < 1.29 is 18.0 Å². The summed E-state index contributed by atoms with van der Waals surface area (Å²) in [5.41, 5.74) is 2.30. The van der Waals surface area contributed by atoms with Gasteiger partial charge in [0.1, 0.15) is 12.6 Å². The summed E-state index contributed by atoms with van der Waals surface area (Å²) in [6, 6.07) is 15.4. The second-order valence-electron chi connectivity index (χ2n) is 8.43. The van der Waals surface area contributed by atoms with E-state index in [-0.39, 0.29) is 18.4 Å². The summed E-state index contributed by atoms with van der Waals surface area (Å²) in [6.07, 6.45) is 1.07. The molecule has 0 saturated carbocycles. The minimum Gasteiger partial charge on any atom is -0.354 e. The monoisotopic (exact) mass is 459 g/mol. The molecule has 0 aliphatic rings. The first-order valence-corrected chi connectivity index (χ1v) is 12.5. The third kappa shape index (κ3) is 7.37. The van der Waals surface area contributed by atoms with Crippen LogP contribution in [0.15, 0.2) is 54.6 Å². The summed E-state index contributed by atoms with van der Waals surface area (Å²) in [7, 11) is -3.71. The summed E-state index contributed by atoms with van der Waals surface area (Å²) in [4.78, 5) is 27.6. The lowest BCUT2D eigenvalue weighted by Crippen LogP contribution is -2.51. The van der Waals surface area contributed by atoms with Crippen LogP contribution in [0.3, 0.4) is 0 Å². The number of rotatable bonds is 10. The molecule has 0 saturated heterocycles. The molecule has 174 valence electrons. The van der Waals surface area contributed by atoms with Crippen molar-refractivity contribution in [3.05, 3.63) is 65.7 Å². The number of para-hydroxylation sites is 1. The molecule has 2 amide bonds. The van der Waals surface area contributed by atoms with Gasteiger partial charge in [-0.2, -0.15) is 0 Å². The molecule has 2 aromatic rings. The smallest absolute Gasteiger partial charge is 0.244 e. The SMILES string of the molecule is Cc1cccc(CN(C(=O)CN(c2ccccc2)S(C)(=O)=O)C(C)C(=O)NCC(C)C)c1. The van der Waals surface area contributed by atoms with Gasteiger partial charge in [-0.05, 0) is 37.5 Å². The van der Waals surface area contributed by atoms with Crippen molar-refractivity contribution in [3.63, 3.8) is 0 Å². The first-order valence-electron chi connectivity index (χ1n) is 10.6. The van der Waals surface area contributed by atoms with Gasteiger partial charge < -0.3 is 10.2 Å². The molecule has 8 heteroatoms. The number of hydrogen-bond donors (Lipinski definition) is 1. The fourth-order valence-electron chi connectivity index (χ4n) is 3.25. The third-order valence-corrected chi connectivity index (χ3v) is 6.15. The Kier molecular flexibility index (Phi) is 8.83. The van der Waals surface area contributed by atoms with Gasteiger partial charge in [0.2, 0.25) is 21.8 Å². The summed E-state index contributed by atoms with van der Waals surface area (Å²) < 4.78 is 26.0. The summed E-state index contributed by atoms with van der Waals surface area (Å²) in [6.45, 7) is 7.90. The van der Waals surface area contributed by atoms with Crippen molar-refractivity contribution in [2.24, 2.45) is 5.92 Å². The van der Waals surface area contributed by atoms with Crippen LogP contribution in [0, 0.1) is 12.8 Å². The maximum Gasteiger partial charge on any atom is 0.244 e. The van der Waals surface area contributed by atoms with E-state index in [2.05, 4.69) is 5.32 Å². The fourth-order valence-corrected chi connectivity index (χ4v) is 4.10. The van der Waals surface area contributed by atoms with Crippen molar-refractivity contribution in [1.82, 2.24) is 10.2 Å². The van der Waals surface area contributed by atoms with E-state index >= 15 is 0 Å². The summed E-state index contributed by atoms with van der Waals surface area (Å²) in [5, 5.41) is 2.86. The number of benzene rings is 2. The van der Waals surface area contributed by atoms with Crippen LogP contribution in [0.2, 0.25) is 0 Å². The van der Waals surface area contributed by atoms with E-state index in [0.717, 1.165) is 21.7 Å². The first-order chi connectivity index (χ1) is 15.0. The molecule has 1 atom stereocenters. The quantitative estimate of drug-likeness (QED) is 0.592. The van der Waals surface area contributed by atoms with Gasteiger partial charge in [-0.1, -0.05) is 61.9 Å². The van der Waals surface area contributed by atoms with Gasteiger partial charge in [0.25, 0.3) is 0 Å². The van der Waals surface area contributed by atoms with E-state index < -0.39 is 28.5 Å². The molecule has 2 rings (SSSR count). The van der Waals surface area contributed by atoms with E-state index in [9.17, 15) is 18.0 Å². The topological polar surface area (TPSA) is 86.8 Å². The highest BCUT2D eigenvalue weighted by molar-refractivity contribution is 7.92. The van der Waals surface area contributed by atoms with Gasteiger partial charge in [0.15, 0.2) is 0 Å². The molecule has 2 aromatic carbocycles. The van der Waals surface area contributed by atoms with Crippen LogP contribution in [-0.2, 0) is 26.2 Å². The van der Waals surface area contributed by atoms with Gasteiger partial charge in [-0.25, -0.2) is 8.42 Å². The molecule has 0 aliphatic heterocycles. The van der Waals surface area contributed by atoms with Crippen LogP contribution in [0.4, 0.5) is 5.69 Å². The number of nitrogens with zero attached hydrogens (tertiary/aromatic N) is 2. The Morgan fingerprint density at radius 3 is 2.22 bits per heavy atom. The average molecular weight is 460 g/mol. The largest absolute Gasteiger partial charge is 0.354 e. The maximum atomic E-state index is 13.4. The molecular weight excluding hydrogens is 426 g/mol. The van der Waals surface area contributed by atoms with Gasteiger partial charge in [-0.3, -0.25) is 13.9 Å². The Hall–Kier alpha value is -2.87. The van der Waals surface area contributed by atoms with Crippen molar-refractivity contribution in [1.29, 1.82) is 0 Å². The second-order valence-corrected chi connectivity index (χ2v) is 10.3. The Morgan fingerprint density at radius 2 is 1.66 bits per heavy atom. The second kappa shape index (κ2) is 11.1. The minimum absolute atomic E-state index is 0.198. The highest BCUT2D eigenvalue weighted by atomic mass is 32.2. The molecule has 1 unspecified atom stereocenters. The Balaban J connectivity index is 2.33. The lowest BCUT2D eigenvalue weighted by molar-refractivity contribution is -0.139. The molecule has 32 heavy (non-hydrogen) atoms. The van der Waals surface area contributed by atoms with Crippen LogP contribution in [0.1, 0.15) is 31.9 Å².